The number of rotatable bonds is 2. The Hall–Kier alpha value is -1.06. The average Bonchev–Trinajstić information content (AvgIpc) is 2.59. The summed E-state index contributed by atoms with van der Waals surface area (Å²) in [5.74, 6) is -1.24. The highest BCUT2D eigenvalue weighted by molar-refractivity contribution is 6.31. The SMILES string of the molecule is O=C(O)C1CCc2cc(CO)c(Cl)cc21. The van der Waals surface area contributed by atoms with Gasteiger partial charge in [-0.2, -0.15) is 0 Å². The lowest BCUT2D eigenvalue weighted by Crippen LogP contribution is -2.07. The number of hydrogen-bond donors (Lipinski definition) is 2. The first-order valence-corrected chi connectivity index (χ1v) is 5.16. The lowest BCUT2D eigenvalue weighted by Gasteiger charge is -2.08. The van der Waals surface area contributed by atoms with Gasteiger partial charge < -0.3 is 10.2 Å². The zero-order valence-corrected chi connectivity index (χ0v) is 8.79. The minimum Gasteiger partial charge on any atom is -0.481 e. The van der Waals surface area contributed by atoms with Gasteiger partial charge in [0.1, 0.15) is 0 Å². The molecule has 2 rings (SSSR count). The van der Waals surface area contributed by atoms with Gasteiger partial charge >= 0.3 is 5.97 Å². The molecule has 0 bridgehead atoms. The first-order valence-electron chi connectivity index (χ1n) is 4.78. The quantitative estimate of drug-likeness (QED) is 0.811. The van der Waals surface area contributed by atoms with E-state index in [9.17, 15) is 4.79 Å². The fourth-order valence-corrected chi connectivity index (χ4v) is 2.29. The highest BCUT2D eigenvalue weighted by Crippen LogP contribution is 2.36. The standard InChI is InChI=1S/C11H11ClO3/c12-10-4-9-6(3-7(10)5-13)1-2-8(9)11(14)15/h3-4,8,13H,1-2,5H2,(H,14,15). The molecule has 0 radical (unpaired) electrons. The molecular weight excluding hydrogens is 216 g/mol. The molecule has 0 aliphatic heterocycles. The van der Waals surface area contributed by atoms with Crippen molar-refractivity contribution in [3.05, 3.63) is 33.8 Å². The number of halogens is 1. The van der Waals surface area contributed by atoms with Gasteiger partial charge in [0, 0.05) is 5.02 Å². The van der Waals surface area contributed by atoms with Gasteiger partial charge in [-0.25, -0.2) is 0 Å². The van der Waals surface area contributed by atoms with Crippen molar-refractivity contribution < 1.29 is 15.0 Å². The molecule has 1 atom stereocenters. The number of hydrogen-bond acceptors (Lipinski definition) is 2. The molecule has 1 unspecified atom stereocenters. The van der Waals surface area contributed by atoms with E-state index in [1.54, 1.807) is 12.1 Å². The van der Waals surface area contributed by atoms with Gasteiger partial charge in [-0.1, -0.05) is 17.7 Å². The molecular formula is C11H11ClO3. The molecule has 3 nitrogen and oxygen atoms in total. The van der Waals surface area contributed by atoms with Crippen LogP contribution in [-0.2, 0) is 17.8 Å². The molecule has 0 saturated heterocycles. The van der Waals surface area contributed by atoms with Crippen LogP contribution in [0.5, 0.6) is 0 Å². The topological polar surface area (TPSA) is 57.5 Å². The Balaban J connectivity index is 2.47. The normalized spacial score (nSPS) is 18.9. The number of aryl methyl sites for hydroxylation is 1. The van der Waals surface area contributed by atoms with Crippen molar-refractivity contribution in [2.45, 2.75) is 25.4 Å². The third-order valence-corrected chi connectivity index (χ3v) is 3.21. The highest BCUT2D eigenvalue weighted by atomic mass is 35.5. The van der Waals surface area contributed by atoms with Crippen LogP contribution in [-0.4, -0.2) is 16.2 Å². The largest absolute Gasteiger partial charge is 0.481 e. The second-order valence-corrected chi connectivity index (χ2v) is 4.14. The molecule has 1 aromatic rings. The van der Waals surface area contributed by atoms with Crippen molar-refractivity contribution in [1.82, 2.24) is 0 Å². The number of aliphatic hydroxyl groups excluding tert-OH is 1. The lowest BCUT2D eigenvalue weighted by atomic mass is 10.00. The van der Waals surface area contributed by atoms with E-state index in [0.29, 0.717) is 17.0 Å². The molecule has 0 heterocycles. The third kappa shape index (κ3) is 1.73. The van der Waals surface area contributed by atoms with Crippen LogP contribution in [0.25, 0.3) is 0 Å². The number of carboxylic acids is 1. The van der Waals surface area contributed by atoms with Crippen LogP contribution in [0.4, 0.5) is 0 Å². The zero-order valence-electron chi connectivity index (χ0n) is 8.03. The van der Waals surface area contributed by atoms with E-state index in [-0.39, 0.29) is 6.61 Å². The predicted octanol–water partition coefficient (Wildman–Crippen LogP) is 1.95. The molecule has 0 spiro atoms. The Labute approximate surface area is 92.3 Å². The predicted molar refractivity (Wildman–Crippen MR) is 56.1 cm³/mol. The molecule has 0 aromatic heterocycles. The van der Waals surface area contributed by atoms with Crippen LogP contribution in [0.15, 0.2) is 12.1 Å². The number of aliphatic carboxylic acids is 1. The monoisotopic (exact) mass is 226 g/mol. The van der Waals surface area contributed by atoms with Crippen molar-refractivity contribution in [1.29, 1.82) is 0 Å². The maximum absolute atomic E-state index is 10.9. The van der Waals surface area contributed by atoms with Crippen molar-refractivity contribution in [3.63, 3.8) is 0 Å². The summed E-state index contributed by atoms with van der Waals surface area (Å²) >= 11 is 5.93. The lowest BCUT2D eigenvalue weighted by molar-refractivity contribution is -0.138. The molecule has 80 valence electrons. The van der Waals surface area contributed by atoms with Gasteiger partial charge in [0.25, 0.3) is 0 Å². The highest BCUT2D eigenvalue weighted by Gasteiger charge is 2.29. The van der Waals surface area contributed by atoms with E-state index >= 15 is 0 Å². The van der Waals surface area contributed by atoms with Crippen LogP contribution in [0, 0.1) is 0 Å². The van der Waals surface area contributed by atoms with E-state index in [2.05, 4.69) is 0 Å². The van der Waals surface area contributed by atoms with Crippen molar-refractivity contribution in [2.24, 2.45) is 0 Å². The average molecular weight is 227 g/mol. The van der Waals surface area contributed by atoms with E-state index < -0.39 is 11.9 Å². The molecule has 0 fully saturated rings. The molecule has 0 amide bonds. The van der Waals surface area contributed by atoms with Crippen molar-refractivity contribution in [3.8, 4) is 0 Å². The smallest absolute Gasteiger partial charge is 0.310 e. The first-order chi connectivity index (χ1) is 7.13. The van der Waals surface area contributed by atoms with E-state index in [4.69, 9.17) is 21.8 Å². The minimum absolute atomic E-state index is 0.107. The van der Waals surface area contributed by atoms with Crippen LogP contribution in [0.1, 0.15) is 29.0 Å². The van der Waals surface area contributed by atoms with Crippen LogP contribution < -0.4 is 0 Å². The number of aliphatic hydroxyl groups is 1. The number of carbonyl (C=O) groups is 1. The number of carboxylic acid groups (broad SMARTS) is 1. The molecule has 15 heavy (non-hydrogen) atoms. The maximum Gasteiger partial charge on any atom is 0.310 e. The molecule has 1 aliphatic carbocycles. The molecule has 1 aliphatic rings. The number of benzene rings is 1. The van der Waals surface area contributed by atoms with E-state index in [0.717, 1.165) is 17.5 Å². The van der Waals surface area contributed by atoms with Gasteiger partial charge in [0.2, 0.25) is 0 Å². The summed E-state index contributed by atoms with van der Waals surface area (Å²) in [5.41, 5.74) is 2.46. The summed E-state index contributed by atoms with van der Waals surface area (Å²) in [4.78, 5) is 10.9. The summed E-state index contributed by atoms with van der Waals surface area (Å²) in [6.07, 6.45) is 1.37. The minimum atomic E-state index is -0.804. The fourth-order valence-electron chi connectivity index (χ4n) is 2.06. The summed E-state index contributed by atoms with van der Waals surface area (Å²) in [6, 6.07) is 3.48. The Morgan fingerprint density at radius 1 is 1.53 bits per heavy atom. The van der Waals surface area contributed by atoms with Gasteiger partial charge in [0.15, 0.2) is 0 Å². The van der Waals surface area contributed by atoms with E-state index in [1.807, 2.05) is 0 Å². The Morgan fingerprint density at radius 2 is 2.27 bits per heavy atom. The summed E-state index contributed by atoms with van der Waals surface area (Å²) in [7, 11) is 0. The third-order valence-electron chi connectivity index (χ3n) is 2.85. The molecule has 1 aromatic carbocycles. The van der Waals surface area contributed by atoms with Gasteiger partial charge in [0.05, 0.1) is 12.5 Å². The summed E-state index contributed by atoms with van der Waals surface area (Å²) in [6.45, 7) is -0.107. The van der Waals surface area contributed by atoms with Crippen LogP contribution in [0.3, 0.4) is 0 Å². The first kappa shape index (κ1) is 10.5. The second kappa shape index (κ2) is 3.83. The summed E-state index contributed by atoms with van der Waals surface area (Å²) < 4.78 is 0. The van der Waals surface area contributed by atoms with Crippen LogP contribution in [0.2, 0.25) is 5.02 Å². The van der Waals surface area contributed by atoms with Gasteiger partial charge in [-0.3, -0.25) is 4.79 Å². The van der Waals surface area contributed by atoms with Crippen LogP contribution >= 0.6 is 11.6 Å². The Morgan fingerprint density at radius 3 is 2.87 bits per heavy atom. The van der Waals surface area contributed by atoms with Crippen molar-refractivity contribution in [2.75, 3.05) is 0 Å². The molecule has 0 saturated carbocycles. The molecule has 4 heteroatoms. The molecule has 2 N–H and O–H groups in total. The van der Waals surface area contributed by atoms with Gasteiger partial charge in [-0.05, 0) is 35.6 Å². The van der Waals surface area contributed by atoms with E-state index in [1.165, 1.54) is 0 Å². The Kier molecular flexibility index (Phi) is 2.67. The maximum atomic E-state index is 10.9. The zero-order chi connectivity index (χ0) is 11.0. The summed E-state index contributed by atoms with van der Waals surface area (Å²) in [5, 5.41) is 18.5. The van der Waals surface area contributed by atoms with Gasteiger partial charge in [-0.15, -0.1) is 0 Å². The fraction of sp³-hybridized carbons (Fsp3) is 0.364. The number of fused-ring (bicyclic) bond motifs is 1. The second-order valence-electron chi connectivity index (χ2n) is 3.73. The Bertz CT molecular complexity index is 415. The van der Waals surface area contributed by atoms with Crippen molar-refractivity contribution >= 4 is 17.6 Å².